The van der Waals surface area contributed by atoms with Gasteiger partial charge in [0.2, 0.25) is 5.91 Å². The highest BCUT2D eigenvalue weighted by Crippen LogP contribution is 2.26. The molecule has 1 amide bonds. The summed E-state index contributed by atoms with van der Waals surface area (Å²) in [7, 11) is 0. The number of halogens is 3. The normalized spacial score (nSPS) is 21.3. The fourth-order valence-corrected chi connectivity index (χ4v) is 2.68. The summed E-state index contributed by atoms with van der Waals surface area (Å²) in [6.45, 7) is 0.551. The smallest absolute Gasteiger partial charge is 0.422 e. The molecule has 7 heteroatoms. The molecule has 2 atom stereocenters. The van der Waals surface area contributed by atoms with Crippen LogP contribution in [0.1, 0.15) is 30.4 Å². The Hall–Kier alpha value is -1.76. The maximum absolute atomic E-state index is 12.3. The van der Waals surface area contributed by atoms with Crippen molar-refractivity contribution in [1.29, 1.82) is 0 Å². The van der Waals surface area contributed by atoms with Gasteiger partial charge in [0, 0.05) is 24.1 Å². The van der Waals surface area contributed by atoms with Crippen LogP contribution >= 0.6 is 0 Å². The van der Waals surface area contributed by atoms with Gasteiger partial charge in [0.05, 0.1) is 0 Å². The number of nitrogens with one attached hydrogen (secondary N) is 1. The zero-order valence-electron chi connectivity index (χ0n) is 13.0. The van der Waals surface area contributed by atoms with Crippen LogP contribution in [0.4, 0.5) is 13.2 Å². The summed E-state index contributed by atoms with van der Waals surface area (Å²) in [5.41, 5.74) is 7.10. The number of carbonyl (C=O) groups is 1. The van der Waals surface area contributed by atoms with E-state index in [9.17, 15) is 18.0 Å². The van der Waals surface area contributed by atoms with E-state index >= 15 is 0 Å². The van der Waals surface area contributed by atoms with E-state index < -0.39 is 12.8 Å². The van der Waals surface area contributed by atoms with Crippen molar-refractivity contribution in [3.8, 4) is 5.75 Å². The number of carbonyl (C=O) groups excluding carboxylic acids is 1. The third-order valence-electron chi connectivity index (χ3n) is 3.91. The van der Waals surface area contributed by atoms with Gasteiger partial charge in [-0.1, -0.05) is 12.1 Å². The Morgan fingerprint density at radius 3 is 2.74 bits per heavy atom. The van der Waals surface area contributed by atoms with Crippen LogP contribution in [0.3, 0.4) is 0 Å². The molecule has 3 N–H and O–H groups in total. The van der Waals surface area contributed by atoms with Crippen molar-refractivity contribution in [2.24, 2.45) is 11.7 Å². The SMILES string of the molecule is Cc1ccc(CNC(=O)C2CCC(N)C2)c(OCC(F)(F)F)c1. The molecule has 1 aliphatic rings. The maximum Gasteiger partial charge on any atom is 0.422 e. The Morgan fingerprint density at radius 2 is 2.13 bits per heavy atom. The number of nitrogens with two attached hydrogens (primary N) is 1. The van der Waals surface area contributed by atoms with Crippen LogP contribution < -0.4 is 15.8 Å². The van der Waals surface area contributed by atoms with Crippen molar-refractivity contribution in [1.82, 2.24) is 5.32 Å². The molecule has 1 aliphatic carbocycles. The van der Waals surface area contributed by atoms with Gasteiger partial charge in [-0.3, -0.25) is 4.79 Å². The molecule has 2 unspecified atom stereocenters. The van der Waals surface area contributed by atoms with E-state index in [4.69, 9.17) is 10.5 Å². The van der Waals surface area contributed by atoms with E-state index in [0.29, 0.717) is 12.0 Å². The number of hydrogen-bond acceptors (Lipinski definition) is 3. The lowest BCUT2D eigenvalue weighted by Crippen LogP contribution is -2.30. The van der Waals surface area contributed by atoms with Gasteiger partial charge in [0.15, 0.2) is 6.61 Å². The minimum Gasteiger partial charge on any atom is -0.484 e. The largest absolute Gasteiger partial charge is 0.484 e. The van der Waals surface area contributed by atoms with E-state index in [1.807, 2.05) is 0 Å². The quantitative estimate of drug-likeness (QED) is 0.872. The van der Waals surface area contributed by atoms with Crippen LogP contribution in [0.15, 0.2) is 18.2 Å². The fourth-order valence-electron chi connectivity index (χ4n) is 2.68. The molecular weight excluding hydrogens is 309 g/mol. The van der Waals surface area contributed by atoms with Crippen LogP contribution in [0.25, 0.3) is 0 Å². The number of rotatable bonds is 5. The molecule has 1 aromatic carbocycles. The van der Waals surface area contributed by atoms with Crippen LogP contribution in [0, 0.1) is 12.8 Å². The molecule has 128 valence electrons. The molecule has 4 nitrogen and oxygen atoms in total. The summed E-state index contributed by atoms with van der Waals surface area (Å²) in [5.74, 6) is -0.0824. The van der Waals surface area contributed by atoms with Gasteiger partial charge in [-0.15, -0.1) is 0 Å². The number of alkyl halides is 3. The van der Waals surface area contributed by atoms with Crippen molar-refractivity contribution in [2.45, 2.75) is 44.9 Å². The molecular formula is C16H21F3N2O2. The first-order valence-corrected chi connectivity index (χ1v) is 7.57. The Morgan fingerprint density at radius 1 is 1.39 bits per heavy atom. The lowest BCUT2D eigenvalue weighted by Gasteiger charge is -2.16. The highest BCUT2D eigenvalue weighted by molar-refractivity contribution is 5.79. The molecule has 2 rings (SSSR count). The molecule has 1 saturated carbocycles. The second-order valence-electron chi connectivity index (χ2n) is 6.00. The van der Waals surface area contributed by atoms with Gasteiger partial charge < -0.3 is 15.8 Å². The second kappa shape index (κ2) is 7.21. The van der Waals surface area contributed by atoms with Crippen molar-refractivity contribution in [2.75, 3.05) is 6.61 Å². The predicted octanol–water partition coefficient (Wildman–Crippen LogP) is 2.68. The summed E-state index contributed by atoms with van der Waals surface area (Å²) in [5, 5.41) is 2.76. The molecule has 0 saturated heterocycles. The summed E-state index contributed by atoms with van der Waals surface area (Å²) in [6, 6.07) is 5.03. The first-order valence-electron chi connectivity index (χ1n) is 7.57. The molecule has 0 radical (unpaired) electrons. The van der Waals surface area contributed by atoms with Gasteiger partial charge >= 0.3 is 6.18 Å². The lowest BCUT2D eigenvalue weighted by atomic mass is 10.1. The second-order valence-corrected chi connectivity index (χ2v) is 6.00. The number of aryl methyl sites for hydroxylation is 1. The summed E-state index contributed by atoms with van der Waals surface area (Å²) in [4.78, 5) is 12.1. The zero-order valence-corrected chi connectivity index (χ0v) is 13.0. The molecule has 0 aliphatic heterocycles. The Bertz CT molecular complexity index is 561. The molecule has 0 heterocycles. The summed E-state index contributed by atoms with van der Waals surface area (Å²) in [6.07, 6.45) is -2.18. The van der Waals surface area contributed by atoms with E-state index in [2.05, 4.69) is 5.32 Å². The Labute approximate surface area is 133 Å². The van der Waals surface area contributed by atoms with Gasteiger partial charge in [0.1, 0.15) is 5.75 Å². The lowest BCUT2D eigenvalue weighted by molar-refractivity contribution is -0.153. The fraction of sp³-hybridized carbons (Fsp3) is 0.562. The first-order chi connectivity index (χ1) is 10.7. The maximum atomic E-state index is 12.3. The van der Waals surface area contributed by atoms with Crippen LogP contribution in [0.5, 0.6) is 5.75 Å². The topological polar surface area (TPSA) is 64.4 Å². The van der Waals surface area contributed by atoms with Crippen LogP contribution in [0.2, 0.25) is 0 Å². The number of hydrogen-bond donors (Lipinski definition) is 2. The molecule has 23 heavy (non-hydrogen) atoms. The third kappa shape index (κ3) is 5.42. The predicted molar refractivity (Wildman–Crippen MR) is 79.9 cm³/mol. The van der Waals surface area contributed by atoms with E-state index in [1.54, 1.807) is 25.1 Å². The zero-order chi connectivity index (χ0) is 17.0. The average Bonchev–Trinajstić information content (AvgIpc) is 2.89. The molecule has 1 fully saturated rings. The molecule has 0 aromatic heterocycles. The number of benzene rings is 1. The van der Waals surface area contributed by atoms with Crippen molar-refractivity contribution < 1.29 is 22.7 Å². The van der Waals surface area contributed by atoms with E-state index in [0.717, 1.165) is 18.4 Å². The molecule has 0 spiro atoms. The molecule has 0 bridgehead atoms. The Balaban J connectivity index is 1.97. The highest BCUT2D eigenvalue weighted by atomic mass is 19.4. The average molecular weight is 330 g/mol. The first kappa shape index (κ1) is 17.6. The van der Waals surface area contributed by atoms with E-state index in [1.165, 1.54) is 0 Å². The summed E-state index contributed by atoms with van der Waals surface area (Å²) < 4.78 is 41.8. The van der Waals surface area contributed by atoms with Crippen LogP contribution in [-0.2, 0) is 11.3 Å². The van der Waals surface area contributed by atoms with Crippen molar-refractivity contribution in [3.05, 3.63) is 29.3 Å². The van der Waals surface area contributed by atoms with Gasteiger partial charge in [-0.2, -0.15) is 13.2 Å². The molecule has 1 aromatic rings. The standard InChI is InChI=1S/C16H21F3N2O2/c1-10-2-3-12(14(6-10)23-9-16(17,18)19)8-21-15(22)11-4-5-13(20)7-11/h2-3,6,11,13H,4-5,7-9,20H2,1H3,(H,21,22). The number of amides is 1. The van der Waals surface area contributed by atoms with Crippen molar-refractivity contribution >= 4 is 5.91 Å². The highest BCUT2D eigenvalue weighted by Gasteiger charge is 2.29. The van der Waals surface area contributed by atoms with Crippen molar-refractivity contribution in [3.63, 3.8) is 0 Å². The van der Waals surface area contributed by atoms with Gasteiger partial charge in [0.25, 0.3) is 0 Å². The summed E-state index contributed by atoms with van der Waals surface area (Å²) >= 11 is 0. The Kier molecular flexibility index (Phi) is 5.51. The van der Waals surface area contributed by atoms with Gasteiger partial charge in [-0.25, -0.2) is 0 Å². The monoisotopic (exact) mass is 330 g/mol. The van der Waals surface area contributed by atoms with Gasteiger partial charge in [-0.05, 0) is 37.8 Å². The minimum atomic E-state index is -4.40. The minimum absolute atomic E-state index is 0.0517. The third-order valence-corrected chi connectivity index (χ3v) is 3.91. The van der Waals surface area contributed by atoms with E-state index in [-0.39, 0.29) is 30.2 Å². The van der Waals surface area contributed by atoms with Crippen LogP contribution in [-0.4, -0.2) is 24.7 Å². The number of ether oxygens (including phenoxy) is 1.